The third-order valence-electron chi connectivity index (χ3n) is 7.63. The van der Waals surface area contributed by atoms with Crippen LogP contribution in [-0.4, -0.2) is 84.0 Å². The van der Waals surface area contributed by atoms with Crippen molar-refractivity contribution >= 4 is 21.7 Å². The second-order valence-electron chi connectivity index (χ2n) is 10.9. The number of carbonyl (C=O) groups is 2. The lowest BCUT2D eigenvalue weighted by Crippen LogP contribution is -2.41. The van der Waals surface area contributed by atoms with Crippen molar-refractivity contribution in [3.05, 3.63) is 83.4 Å². The summed E-state index contributed by atoms with van der Waals surface area (Å²) in [6, 6.07) is 7.72. The molecule has 0 aliphatic carbocycles. The zero-order valence-electron chi connectivity index (χ0n) is 25.8. The van der Waals surface area contributed by atoms with Crippen LogP contribution in [0.15, 0.2) is 65.8 Å². The molecule has 0 unspecified atom stereocenters. The van der Waals surface area contributed by atoms with E-state index in [4.69, 9.17) is 9.47 Å². The molecule has 0 bridgehead atoms. The van der Waals surface area contributed by atoms with Crippen molar-refractivity contribution < 1.29 is 54.5 Å². The Balaban J connectivity index is 1.45. The lowest BCUT2D eigenvalue weighted by molar-refractivity contribution is -0.244. The molecule has 17 heteroatoms. The van der Waals surface area contributed by atoms with Crippen LogP contribution >= 0.6 is 0 Å². The largest absolute Gasteiger partial charge is 0.489 e. The molecule has 2 heterocycles. The summed E-state index contributed by atoms with van der Waals surface area (Å²) < 4.78 is 101. The number of rotatable bonds is 13. The molecular weight excluding hydrogens is 667 g/mol. The van der Waals surface area contributed by atoms with E-state index in [1.54, 1.807) is 0 Å². The van der Waals surface area contributed by atoms with Crippen molar-refractivity contribution in [3.63, 3.8) is 0 Å². The second-order valence-corrected chi connectivity index (χ2v) is 13.2. The number of carbonyl (C=O) groups excluding carboxylic acids is 2. The van der Waals surface area contributed by atoms with Gasteiger partial charge in [0.1, 0.15) is 11.9 Å². The molecule has 1 saturated heterocycles. The van der Waals surface area contributed by atoms with Gasteiger partial charge in [-0.25, -0.2) is 18.4 Å². The Morgan fingerprint density at radius 1 is 1.02 bits per heavy atom. The number of nitrogens with one attached hydrogen (secondary N) is 1. The predicted molar refractivity (Wildman–Crippen MR) is 160 cm³/mol. The van der Waals surface area contributed by atoms with Crippen LogP contribution in [0.5, 0.6) is 5.75 Å². The Labute approximate surface area is 273 Å². The number of likely N-dealkylation sites (tertiary alicyclic amines) is 1. The van der Waals surface area contributed by atoms with Crippen LogP contribution in [-0.2, 0) is 20.8 Å². The highest BCUT2D eigenvalue weighted by Crippen LogP contribution is 2.32. The maximum atomic E-state index is 13.9. The second kappa shape index (κ2) is 14.9. The normalized spacial score (nSPS) is 17.6. The highest BCUT2D eigenvalue weighted by atomic mass is 32.2. The fraction of sp³-hybridized carbons (Fsp3) is 0.419. The van der Waals surface area contributed by atoms with Gasteiger partial charge in [0.15, 0.2) is 9.84 Å². The average molecular weight is 701 g/mol. The van der Waals surface area contributed by atoms with Gasteiger partial charge in [0, 0.05) is 25.2 Å². The first-order valence-electron chi connectivity index (χ1n) is 14.8. The molecule has 11 nitrogen and oxygen atoms in total. The summed E-state index contributed by atoms with van der Waals surface area (Å²) in [6.45, 7) is 1.49. The highest BCUT2D eigenvalue weighted by molar-refractivity contribution is 7.91. The van der Waals surface area contributed by atoms with E-state index < -0.39 is 77.3 Å². The number of alkyl halides is 5. The molecule has 2 aromatic carbocycles. The van der Waals surface area contributed by atoms with Crippen LogP contribution in [0.2, 0.25) is 0 Å². The number of benzene rings is 2. The first-order chi connectivity index (χ1) is 22.6. The van der Waals surface area contributed by atoms with Crippen molar-refractivity contribution in [2.75, 3.05) is 25.5 Å². The average Bonchev–Trinajstić information content (AvgIpc) is 3.48. The van der Waals surface area contributed by atoms with E-state index in [1.165, 1.54) is 43.0 Å². The Kier molecular flexibility index (Phi) is 11.4. The molecule has 48 heavy (non-hydrogen) atoms. The van der Waals surface area contributed by atoms with Crippen molar-refractivity contribution in [3.8, 4) is 5.75 Å². The van der Waals surface area contributed by atoms with E-state index in [9.17, 15) is 45.1 Å². The molecule has 2 amide bonds. The summed E-state index contributed by atoms with van der Waals surface area (Å²) in [7, 11) is -3.45. The van der Waals surface area contributed by atoms with Crippen LogP contribution in [0.1, 0.15) is 64.8 Å². The zero-order valence-corrected chi connectivity index (χ0v) is 26.6. The summed E-state index contributed by atoms with van der Waals surface area (Å²) in [4.78, 5) is 35.5. The number of halogens is 5. The first-order valence-corrected chi connectivity index (χ1v) is 16.4. The molecule has 260 valence electrons. The number of nitrogens with zero attached hydrogens (tertiary/aromatic N) is 3. The maximum Gasteiger partial charge on any atom is 0.416 e. The molecule has 3 atom stereocenters. The van der Waals surface area contributed by atoms with Gasteiger partial charge >= 0.3 is 12.3 Å². The topological polar surface area (TPSA) is 148 Å². The molecule has 1 aliphatic rings. The molecule has 0 spiro atoms. The quantitative estimate of drug-likeness (QED) is 0.247. The van der Waals surface area contributed by atoms with E-state index in [0.717, 1.165) is 36.7 Å². The van der Waals surface area contributed by atoms with Crippen LogP contribution in [0.25, 0.3) is 0 Å². The Morgan fingerprint density at radius 2 is 1.65 bits per heavy atom. The summed E-state index contributed by atoms with van der Waals surface area (Å²) in [5, 5.41) is 12.4. The molecule has 2 N–H and O–H groups in total. The number of aliphatic hydroxyl groups excluding tert-OH is 1. The van der Waals surface area contributed by atoms with Gasteiger partial charge in [-0.05, 0) is 42.0 Å². The predicted octanol–water partition coefficient (Wildman–Crippen LogP) is 4.43. The number of amides is 2. The molecule has 0 saturated carbocycles. The fourth-order valence-electron chi connectivity index (χ4n) is 4.84. The summed E-state index contributed by atoms with van der Waals surface area (Å²) in [5.74, 6) is -1.89. The Morgan fingerprint density at radius 3 is 2.19 bits per heavy atom. The minimum Gasteiger partial charge on any atom is -0.489 e. The van der Waals surface area contributed by atoms with Gasteiger partial charge < -0.3 is 24.8 Å². The first kappa shape index (κ1) is 36.6. The number of aliphatic hydroxyl groups is 1. The molecule has 1 aliphatic heterocycles. The number of aromatic nitrogens is 2. The smallest absolute Gasteiger partial charge is 0.416 e. The number of ether oxygens (including phenoxy) is 2. The van der Waals surface area contributed by atoms with E-state index in [0.29, 0.717) is 5.56 Å². The van der Waals surface area contributed by atoms with Gasteiger partial charge in [0.05, 0.1) is 53.6 Å². The van der Waals surface area contributed by atoms with Crippen molar-refractivity contribution in [2.24, 2.45) is 0 Å². The number of sulfone groups is 1. The molecule has 3 aromatic rings. The number of hydrogen-bond acceptors (Lipinski definition) is 9. The molecule has 4 rings (SSSR count). The van der Waals surface area contributed by atoms with Crippen molar-refractivity contribution in [1.29, 1.82) is 0 Å². The SMILES string of the molecule is CCC(F)(F)OC[C@@H]1C[C@@H](Oc2ccc(C(F)(F)F)cc2)CN1C(=O)c1ncc(C(=O)N[C@@H](CO)c2ccc(S(=O)(=O)CC)cc2)cn1. The van der Waals surface area contributed by atoms with E-state index in [-0.39, 0.29) is 40.8 Å². The lowest BCUT2D eigenvalue weighted by atomic mass is 10.1. The third-order valence-corrected chi connectivity index (χ3v) is 9.39. The third kappa shape index (κ3) is 9.02. The molecular formula is C31H33F5N4O7S. The van der Waals surface area contributed by atoms with E-state index >= 15 is 0 Å². The van der Waals surface area contributed by atoms with Crippen LogP contribution in [0, 0.1) is 0 Å². The molecule has 0 radical (unpaired) electrons. The van der Waals surface area contributed by atoms with Gasteiger partial charge in [-0.3, -0.25) is 9.59 Å². The molecule has 1 aromatic heterocycles. The zero-order chi connectivity index (χ0) is 35.3. The standard InChI is InChI=1S/C31H33F5N4O7S/c1-3-30(32,33)46-18-22-13-24(47-23-9-7-21(8-10-23)31(34,35)36)16-40(22)29(43)27-37-14-20(15-38-27)28(42)39-26(17-41)19-5-11-25(12-6-19)48(44,45)4-2/h5-12,14-15,22,24,26,41H,3-4,13,16-18H2,1-2H3,(H,39,42)/t22-,24+,26-/m0/s1. The Hall–Kier alpha value is -4.22. The van der Waals surface area contributed by atoms with Crippen molar-refractivity contribution in [2.45, 2.75) is 62.1 Å². The van der Waals surface area contributed by atoms with Gasteiger partial charge in [-0.1, -0.05) is 26.0 Å². The summed E-state index contributed by atoms with van der Waals surface area (Å²) >= 11 is 0. The fourth-order valence-corrected chi connectivity index (χ4v) is 5.72. The maximum absolute atomic E-state index is 13.9. The molecule has 1 fully saturated rings. The van der Waals surface area contributed by atoms with Gasteiger partial charge in [-0.2, -0.15) is 22.0 Å². The minimum absolute atomic E-state index is 0.0148. The van der Waals surface area contributed by atoms with E-state index in [2.05, 4.69) is 15.3 Å². The van der Waals surface area contributed by atoms with Crippen LogP contribution in [0.3, 0.4) is 0 Å². The Bertz CT molecular complexity index is 1670. The monoisotopic (exact) mass is 700 g/mol. The van der Waals surface area contributed by atoms with E-state index in [1.807, 2.05) is 0 Å². The number of hydrogen-bond donors (Lipinski definition) is 2. The van der Waals surface area contributed by atoms with Crippen LogP contribution in [0.4, 0.5) is 22.0 Å². The van der Waals surface area contributed by atoms with Crippen LogP contribution < -0.4 is 10.1 Å². The summed E-state index contributed by atoms with van der Waals surface area (Å²) in [5.41, 5.74) is -0.536. The summed E-state index contributed by atoms with van der Waals surface area (Å²) in [6.07, 6.45) is -7.28. The van der Waals surface area contributed by atoms with Gasteiger partial charge in [0.2, 0.25) is 5.82 Å². The minimum atomic E-state index is -4.55. The lowest BCUT2D eigenvalue weighted by Gasteiger charge is -2.25. The highest BCUT2D eigenvalue weighted by Gasteiger charge is 2.40. The van der Waals surface area contributed by atoms with Crippen molar-refractivity contribution in [1.82, 2.24) is 20.2 Å². The van der Waals surface area contributed by atoms with Gasteiger partial charge in [0.25, 0.3) is 11.8 Å². The van der Waals surface area contributed by atoms with Gasteiger partial charge in [-0.15, -0.1) is 0 Å².